The summed E-state index contributed by atoms with van der Waals surface area (Å²) in [7, 11) is 0. The molecule has 1 atom stereocenters. The number of nitrogens with zero attached hydrogens (tertiary/aromatic N) is 1. The minimum absolute atomic E-state index is 0. The van der Waals surface area contributed by atoms with Crippen molar-refractivity contribution in [3.8, 4) is 0 Å². The first-order valence-electron chi connectivity index (χ1n) is 7.22. The third-order valence-electron chi connectivity index (χ3n) is 4.47. The highest BCUT2D eigenvalue weighted by atomic mass is 35.5. The van der Waals surface area contributed by atoms with E-state index in [1.54, 1.807) is 0 Å². The summed E-state index contributed by atoms with van der Waals surface area (Å²) >= 11 is 0. The highest BCUT2D eigenvalue weighted by Gasteiger charge is 2.27. The monoisotopic (exact) mass is 260 g/mol. The smallest absolute Gasteiger partial charge is 0.0119 e. The first-order valence-corrected chi connectivity index (χ1v) is 7.22. The summed E-state index contributed by atoms with van der Waals surface area (Å²) in [5, 5.41) is 3.46. The molecule has 0 aliphatic carbocycles. The molecule has 3 heteroatoms. The molecule has 2 saturated heterocycles. The van der Waals surface area contributed by atoms with Crippen LogP contribution in [-0.2, 0) is 0 Å². The summed E-state index contributed by atoms with van der Waals surface area (Å²) in [4.78, 5) is 2.76. The van der Waals surface area contributed by atoms with Crippen molar-refractivity contribution in [3.05, 3.63) is 0 Å². The van der Waals surface area contributed by atoms with Gasteiger partial charge in [0.05, 0.1) is 0 Å². The van der Waals surface area contributed by atoms with Gasteiger partial charge in [-0.2, -0.15) is 0 Å². The molecule has 0 aromatic rings. The summed E-state index contributed by atoms with van der Waals surface area (Å²) in [5.74, 6) is 1.84. The van der Waals surface area contributed by atoms with Crippen molar-refractivity contribution in [2.24, 2.45) is 11.8 Å². The maximum atomic E-state index is 3.46. The van der Waals surface area contributed by atoms with Crippen LogP contribution in [-0.4, -0.2) is 37.1 Å². The van der Waals surface area contributed by atoms with E-state index in [0.29, 0.717) is 0 Å². The third-order valence-corrected chi connectivity index (χ3v) is 4.47. The van der Waals surface area contributed by atoms with Crippen molar-refractivity contribution in [3.63, 3.8) is 0 Å². The minimum atomic E-state index is 0. The van der Waals surface area contributed by atoms with Crippen molar-refractivity contribution >= 4 is 12.4 Å². The lowest BCUT2D eigenvalue weighted by molar-refractivity contribution is 0.185. The van der Waals surface area contributed by atoms with E-state index in [2.05, 4.69) is 24.1 Å². The molecule has 0 saturated carbocycles. The predicted molar refractivity (Wildman–Crippen MR) is 76.9 cm³/mol. The summed E-state index contributed by atoms with van der Waals surface area (Å²) in [6.45, 7) is 9.97. The van der Waals surface area contributed by atoms with Crippen LogP contribution in [0.4, 0.5) is 0 Å². The molecule has 1 unspecified atom stereocenters. The number of halogens is 1. The van der Waals surface area contributed by atoms with Crippen molar-refractivity contribution in [2.45, 2.75) is 52.0 Å². The Morgan fingerprint density at radius 3 is 2.53 bits per heavy atom. The van der Waals surface area contributed by atoms with Crippen LogP contribution in [0.3, 0.4) is 0 Å². The van der Waals surface area contributed by atoms with Gasteiger partial charge in [0.2, 0.25) is 0 Å². The number of hydrogen-bond donors (Lipinski definition) is 1. The van der Waals surface area contributed by atoms with E-state index in [-0.39, 0.29) is 12.4 Å². The second kappa shape index (κ2) is 7.60. The van der Waals surface area contributed by atoms with Crippen LogP contribution in [0, 0.1) is 11.8 Å². The fraction of sp³-hybridized carbons (Fsp3) is 1.00. The Balaban J connectivity index is 0.00000144. The van der Waals surface area contributed by atoms with Crippen LogP contribution in [0.1, 0.15) is 46.0 Å². The van der Waals surface area contributed by atoms with Gasteiger partial charge in [0.15, 0.2) is 0 Å². The summed E-state index contributed by atoms with van der Waals surface area (Å²) in [5.41, 5.74) is 0. The van der Waals surface area contributed by atoms with Crippen LogP contribution in [0.15, 0.2) is 0 Å². The van der Waals surface area contributed by atoms with Gasteiger partial charge in [-0.25, -0.2) is 0 Å². The van der Waals surface area contributed by atoms with Gasteiger partial charge < -0.3 is 10.2 Å². The van der Waals surface area contributed by atoms with E-state index in [1.165, 1.54) is 58.3 Å². The molecule has 2 heterocycles. The van der Waals surface area contributed by atoms with E-state index < -0.39 is 0 Å². The van der Waals surface area contributed by atoms with E-state index in [1.807, 2.05) is 0 Å². The zero-order valence-electron chi connectivity index (χ0n) is 11.5. The molecule has 0 aromatic heterocycles. The molecule has 102 valence electrons. The van der Waals surface area contributed by atoms with Gasteiger partial charge in [-0.05, 0) is 70.1 Å². The number of rotatable bonds is 4. The van der Waals surface area contributed by atoms with Gasteiger partial charge in [-0.15, -0.1) is 12.4 Å². The Hall–Kier alpha value is 0.210. The molecule has 0 radical (unpaired) electrons. The normalized spacial score (nSPS) is 27.4. The topological polar surface area (TPSA) is 15.3 Å². The Kier molecular flexibility index (Phi) is 6.83. The zero-order chi connectivity index (χ0) is 11.4. The first kappa shape index (κ1) is 15.3. The molecule has 2 fully saturated rings. The lowest BCUT2D eigenvalue weighted by atomic mass is 9.94. The minimum Gasteiger partial charge on any atom is -0.317 e. The predicted octanol–water partition coefficient (Wildman–Crippen LogP) is 2.92. The molecule has 0 amide bonds. The second-order valence-corrected chi connectivity index (χ2v) is 5.97. The van der Waals surface area contributed by atoms with Crippen molar-refractivity contribution in [1.29, 1.82) is 0 Å². The van der Waals surface area contributed by atoms with E-state index >= 15 is 0 Å². The van der Waals surface area contributed by atoms with Gasteiger partial charge in [0.25, 0.3) is 0 Å². The molecule has 0 spiro atoms. The Bertz CT molecular complexity index is 202. The van der Waals surface area contributed by atoms with Crippen LogP contribution in [0.5, 0.6) is 0 Å². The molecule has 2 aliphatic rings. The first-order chi connectivity index (χ1) is 7.77. The van der Waals surface area contributed by atoms with E-state index in [0.717, 1.165) is 17.9 Å². The van der Waals surface area contributed by atoms with Crippen LogP contribution in [0.2, 0.25) is 0 Å². The van der Waals surface area contributed by atoms with E-state index in [9.17, 15) is 0 Å². The SMILES string of the molecule is CC(C)C1CCCN1CCC1CCNCC1.Cl. The lowest BCUT2D eigenvalue weighted by Crippen LogP contribution is -2.36. The van der Waals surface area contributed by atoms with Crippen LogP contribution in [0.25, 0.3) is 0 Å². The molecule has 17 heavy (non-hydrogen) atoms. The third kappa shape index (κ3) is 4.42. The van der Waals surface area contributed by atoms with Gasteiger partial charge in [-0.3, -0.25) is 0 Å². The molecule has 0 bridgehead atoms. The zero-order valence-corrected chi connectivity index (χ0v) is 12.3. The summed E-state index contributed by atoms with van der Waals surface area (Å²) < 4.78 is 0. The largest absolute Gasteiger partial charge is 0.317 e. The standard InChI is InChI=1S/C14H28N2.ClH/c1-12(2)14-4-3-10-16(14)11-7-13-5-8-15-9-6-13;/h12-15H,3-11H2,1-2H3;1H. The maximum Gasteiger partial charge on any atom is 0.0119 e. The fourth-order valence-electron chi connectivity index (χ4n) is 3.40. The van der Waals surface area contributed by atoms with E-state index in [4.69, 9.17) is 0 Å². The highest BCUT2D eigenvalue weighted by molar-refractivity contribution is 5.85. The number of piperidine rings is 1. The summed E-state index contributed by atoms with van der Waals surface area (Å²) in [6, 6.07) is 0.877. The highest BCUT2D eigenvalue weighted by Crippen LogP contribution is 2.25. The molecule has 1 N–H and O–H groups in total. The molecule has 0 aromatic carbocycles. The number of likely N-dealkylation sites (tertiary alicyclic amines) is 1. The Morgan fingerprint density at radius 2 is 1.88 bits per heavy atom. The molecule has 2 aliphatic heterocycles. The van der Waals surface area contributed by atoms with Gasteiger partial charge in [0, 0.05) is 6.04 Å². The number of hydrogen-bond acceptors (Lipinski definition) is 2. The van der Waals surface area contributed by atoms with Crippen LogP contribution < -0.4 is 5.32 Å². The Morgan fingerprint density at radius 1 is 1.18 bits per heavy atom. The average Bonchev–Trinajstić information content (AvgIpc) is 2.76. The van der Waals surface area contributed by atoms with Gasteiger partial charge in [-0.1, -0.05) is 13.8 Å². The Labute approximate surface area is 113 Å². The lowest BCUT2D eigenvalue weighted by Gasteiger charge is -2.30. The number of nitrogens with one attached hydrogen (secondary N) is 1. The molecule has 2 nitrogen and oxygen atoms in total. The average molecular weight is 261 g/mol. The van der Waals surface area contributed by atoms with Crippen LogP contribution >= 0.6 is 12.4 Å². The molecular weight excluding hydrogens is 232 g/mol. The second-order valence-electron chi connectivity index (χ2n) is 5.97. The van der Waals surface area contributed by atoms with Crippen molar-refractivity contribution in [2.75, 3.05) is 26.2 Å². The van der Waals surface area contributed by atoms with Gasteiger partial charge in [0.1, 0.15) is 0 Å². The molecular formula is C14H29ClN2. The maximum absolute atomic E-state index is 3.46. The van der Waals surface area contributed by atoms with Crippen molar-refractivity contribution in [1.82, 2.24) is 10.2 Å². The van der Waals surface area contributed by atoms with Crippen molar-refractivity contribution < 1.29 is 0 Å². The fourth-order valence-corrected chi connectivity index (χ4v) is 3.40. The van der Waals surface area contributed by atoms with Gasteiger partial charge >= 0.3 is 0 Å². The quantitative estimate of drug-likeness (QED) is 0.836. The summed E-state index contributed by atoms with van der Waals surface area (Å²) in [6.07, 6.45) is 7.10. The molecule has 2 rings (SSSR count).